The molecular weight excluding hydrogens is 322 g/mol. The van der Waals surface area contributed by atoms with Gasteiger partial charge in [-0.05, 0) is 31.5 Å². The Morgan fingerprint density at radius 1 is 1.08 bits per heavy atom. The van der Waals surface area contributed by atoms with Crippen LogP contribution < -0.4 is 5.32 Å². The van der Waals surface area contributed by atoms with Crippen molar-refractivity contribution in [2.45, 2.75) is 26.8 Å². The van der Waals surface area contributed by atoms with E-state index >= 15 is 0 Å². The van der Waals surface area contributed by atoms with Crippen molar-refractivity contribution in [2.75, 3.05) is 0 Å². The number of imidazole rings is 1. The smallest absolute Gasteiger partial charge is 0.246 e. The lowest BCUT2D eigenvalue weighted by Gasteiger charge is -2.13. The maximum Gasteiger partial charge on any atom is 0.246 e. The molecule has 0 saturated carbocycles. The minimum atomic E-state index is -0.144. The molecule has 0 radical (unpaired) electrons. The number of aryl methyl sites for hydroxylation is 1. The largest absolute Gasteiger partial charge is 0.347 e. The Labute approximate surface area is 154 Å². The number of rotatable bonds is 6. The summed E-state index contributed by atoms with van der Waals surface area (Å²) in [5, 5.41) is 2.93. The SMILES string of the molecule is C=C(C)C(=O)NCc1c(C)nc(Cc2ccccc2)n1-c1ccccc1. The molecule has 1 heterocycles. The van der Waals surface area contributed by atoms with Crippen LogP contribution >= 0.6 is 0 Å². The van der Waals surface area contributed by atoms with Gasteiger partial charge in [0.05, 0.1) is 17.9 Å². The molecule has 0 atom stereocenters. The Hall–Kier alpha value is -3.14. The van der Waals surface area contributed by atoms with Gasteiger partial charge >= 0.3 is 0 Å². The molecule has 4 nitrogen and oxygen atoms in total. The summed E-state index contributed by atoms with van der Waals surface area (Å²) in [7, 11) is 0. The van der Waals surface area contributed by atoms with Gasteiger partial charge in [0.2, 0.25) is 5.91 Å². The van der Waals surface area contributed by atoms with E-state index in [0.29, 0.717) is 12.1 Å². The number of nitrogens with one attached hydrogen (secondary N) is 1. The van der Waals surface area contributed by atoms with Gasteiger partial charge in [-0.1, -0.05) is 55.1 Å². The normalized spacial score (nSPS) is 10.5. The van der Waals surface area contributed by atoms with Crippen LogP contribution in [0.1, 0.15) is 29.7 Å². The van der Waals surface area contributed by atoms with Gasteiger partial charge in [0.15, 0.2) is 0 Å². The highest BCUT2D eigenvalue weighted by Crippen LogP contribution is 2.21. The van der Waals surface area contributed by atoms with Crippen LogP contribution in [0.15, 0.2) is 72.8 Å². The monoisotopic (exact) mass is 345 g/mol. The minimum absolute atomic E-state index is 0.144. The maximum atomic E-state index is 11.9. The van der Waals surface area contributed by atoms with E-state index in [2.05, 4.69) is 40.7 Å². The molecule has 0 aliphatic carbocycles. The summed E-state index contributed by atoms with van der Waals surface area (Å²) in [6, 6.07) is 20.4. The molecule has 1 amide bonds. The number of para-hydroxylation sites is 1. The third-order valence-corrected chi connectivity index (χ3v) is 4.27. The van der Waals surface area contributed by atoms with Gasteiger partial charge in [-0.25, -0.2) is 4.98 Å². The number of benzene rings is 2. The van der Waals surface area contributed by atoms with Gasteiger partial charge in [-0.15, -0.1) is 0 Å². The lowest BCUT2D eigenvalue weighted by atomic mass is 10.1. The van der Waals surface area contributed by atoms with Crippen LogP contribution in [0.4, 0.5) is 0 Å². The van der Waals surface area contributed by atoms with Crippen molar-refractivity contribution >= 4 is 5.91 Å². The Kier molecular flexibility index (Phi) is 5.32. The lowest BCUT2D eigenvalue weighted by molar-refractivity contribution is -0.117. The predicted molar refractivity (Wildman–Crippen MR) is 104 cm³/mol. The average Bonchev–Trinajstić information content (AvgIpc) is 2.96. The summed E-state index contributed by atoms with van der Waals surface area (Å²) in [5.74, 6) is 0.814. The van der Waals surface area contributed by atoms with Crippen molar-refractivity contribution in [2.24, 2.45) is 0 Å². The number of amides is 1. The molecule has 0 spiro atoms. The number of aromatic nitrogens is 2. The minimum Gasteiger partial charge on any atom is -0.347 e. The molecule has 132 valence electrons. The van der Waals surface area contributed by atoms with Gasteiger partial charge in [0, 0.05) is 17.7 Å². The van der Waals surface area contributed by atoms with Crippen LogP contribution in [0.2, 0.25) is 0 Å². The van der Waals surface area contributed by atoms with E-state index in [0.717, 1.165) is 29.3 Å². The van der Waals surface area contributed by atoms with Crippen molar-refractivity contribution in [1.29, 1.82) is 0 Å². The summed E-state index contributed by atoms with van der Waals surface area (Å²) < 4.78 is 2.14. The molecule has 0 unspecified atom stereocenters. The molecule has 0 aliphatic heterocycles. The van der Waals surface area contributed by atoms with Crippen LogP contribution in [0, 0.1) is 6.92 Å². The first-order valence-corrected chi connectivity index (χ1v) is 8.66. The molecule has 4 heteroatoms. The average molecular weight is 345 g/mol. The van der Waals surface area contributed by atoms with E-state index in [1.807, 2.05) is 43.3 Å². The standard InChI is InChI=1S/C22H23N3O/c1-16(2)22(26)23-15-20-17(3)24-21(14-18-10-6-4-7-11-18)25(20)19-12-8-5-9-13-19/h4-13H,1,14-15H2,2-3H3,(H,23,26). The molecule has 1 N–H and O–H groups in total. The molecule has 26 heavy (non-hydrogen) atoms. The molecule has 2 aromatic carbocycles. The summed E-state index contributed by atoms with van der Waals surface area (Å²) >= 11 is 0. The maximum absolute atomic E-state index is 11.9. The van der Waals surface area contributed by atoms with Crippen molar-refractivity contribution in [3.05, 3.63) is 95.6 Å². The molecule has 1 aromatic heterocycles. The van der Waals surface area contributed by atoms with E-state index in [1.54, 1.807) is 6.92 Å². The van der Waals surface area contributed by atoms with Gasteiger partial charge < -0.3 is 5.32 Å². The molecule has 0 aliphatic rings. The summed E-state index contributed by atoms with van der Waals surface area (Å²) in [4.78, 5) is 16.7. The highest BCUT2D eigenvalue weighted by molar-refractivity contribution is 5.92. The molecule has 0 saturated heterocycles. The Bertz CT molecular complexity index is 911. The van der Waals surface area contributed by atoms with Gasteiger partial charge in [0.1, 0.15) is 5.82 Å². The van der Waals surface area contributed by atoms with Crippen molar-refractivity contribution in [3.8, 4) is 5.69 Å². The van der Waals surface area contributed by atoms with E-state index < -0.39 is 0 Å². The van der Waals surface area contributed by atoms with E-state index in [1.165, 1.54) is 5.56 Å². The zero-order valence-electron chi connectivity index (χ0n) is 15.2. The Morgan fingerprint density at radius 3 is 2.31 bits per heavy atom. The second-order valence-corrected chi connectivity index (χ2v) is 6.36. The highest BCUT2D eigenvalue weighted by Gasteiger charge is 2.17. The fourth-order valence-corrected chi connectivity index (χ4v) is 2.93. The summed E-state index contributed by atoms with van der Waals surface area (Å²) in [6.07, 6.45) is 0.727. The third kappa shape index (κ3) is 3.91. The Morgan fingerprint density at radius 2 is 1.69 bits per heavy atom. The number of hydrogen-bond acceptors (Lipinski definition) is 2. The predicted octanol–water partition coefficient (Wildman–Crippen LogP) is 3.96. The molecule has 0 bridgehead atoms. The summed E-state index contributed by atoms with van der Waals surface area (Å²) in [6.45, 7) is 7.80. The van der Waals surface area contributed by atoms with Crippen molar-refractivity contribution < 1.29 is 4.79 Å². The first kappa shape index (κ1) is 17.7. The van der Waals surface area contributed by atoms with E-state index in [9.17, 15) is 4.79 Å². The molecule has 3 rings (SSSR count). The molecular formula is C22H23N3O. The van der Waals surface area contributed by atoms with Gasteiger partial charge in [0.25, 0.3) is 0 Å². The number of hydrogen-bond donors (Lipinski definition) is 1. The number of carbonyl (C=O) groups is 1. The fraction of sp³-hybridized carbons (Fsp3) is 0.182. The van der Waals surface area contributed by atoms with E-state index in [4.69, 9.17) is 4.98 Å². The van der Waals surface area contributed by atoms with E-state index in [-0.39, 0.29) is 5.91 Å². The van der Waals surface area contributed by atoms with Crippen molar-refractivity contribution in [1.82, 2.24) is 14.9 Å². The first-order chi connectivity index (χ1) is 12.6. The van der Waals surface area contributed by atoms with Crippen LogP contribution in [-0.2, 0) is 17.8 Å². The highest BCUT2D eigenvalue weighted by atomic mass is 16.1. The van der Waals surface area contributed by atoms with Crippen LogP contribution in [0.3, 0.4) is 0 Å². The van der Waals surface area contributed by atoms with Gasteiger partial charge in [-0.2, -0.15) is 0 Å². The number of carbonyl (C=O) groups excluding carboxylic acids is 1. The fourth-order valence-electron chi connectivity index (χ4n) is 2.93. The van der Waals surface area contributed by atoms with Crippen LogP contribution in [-0.4, -0.2) is 15.5 Å². The second-order valence-electron chi connectivity index (χ2n) is 6.36. The number of nitrogens with zero attached hydrogens (tertiary/aromatic N) is 2. The third-order valence-electron chi connectivity index (χ3n) is 4.27. The molecule has 3 aromatic rings. The quantitative estimate of drug-likeness (QED) is 0.687. The summed E-state index contributed by atoms with van der Waals surface area (Å²) in [5.41, 5.74) is 4.64. The van der Waals surface area contributed by atoms with Crippen LogP contribution in [0.25, 0.3) is 5.69 Å². The van der Waals surface area contributed by atoms with Crippen molar-refractivity contribution in [3.63, 3.8) is 0 Å². The van der Waals surface area contributed by atoms with Gasteiger partial charge in [-0.3, -0.25) is 9.36 Å². The first-order valence-electron chi connectivity index (χ1n) is 8.66. The van der Waals surface area contributed by atoms with Crippen LogP contribution in [0.5, 0.6) is 0 Å². The zero-order chi connectivity index (χ0) is 18.5. The molecule has 0 fully saturated rings. The Balaban J connectivity index is 2.00. The topological polar surface area (TPSA) is 46.9 Å². The zero-order valence-corrected chi connectivity index (χ0v) is 15.2. The lowest BCUT2D eigenvalue weighted by Crippen LogP contribution is -2.25. The second kappa shape index (κ2) is 7.83.